The fourth-order valence-electron chi connectivity index (χ4n) is 10.5. The number of phenols is 1. The Kier molecular flexibility index (Phi) is 14.2. The van der Waals surface area contributed by atoms with Gasteiger partial charge in [-0.3, -0.25) is 0 Å². The molecule has 0 bridgehead atoms. The van der Waals surface area contributed by atoms with Crippen molar-refractivity contribution >= 4 is 60.3 Å². The molecule has 1 aliphatic heterocycles. The zero-order valence-electron chi connectivity index (χ0n) is 52.0. The first kappa shape index (κ1) is 58.1. The minimum Gasteiger partial charge on any atom is -0.507 e. The number of benzene rings is 7. The Hall–Kier alpha value is -5.61. The number of aromatic hydroxyl groups is 1. The molecule has 0 radical (unpaired) electrons. The summed E-state index contributed by atoms with van der Waals surface area (Å²) in [6.45, 7) is 53.6. The van der Waals surface area contributed by atoms with E-state index in [9.17, 15) is 5.11 Å². The van der Waals surface area contributed by atoms with E-state index in [-0.39, 0.29) is 43.7 Å². The third kappa shape index (κ3) is 11.3. The molecule has 2 heterocycles. The molecule has 1 N–H and O–H groups in total. The first-order valence-corrected chi connectivity index (χ1v) is 30.4. The van der Waals surface area contributed by atoms with Gasteiger partial charge in [0.15, 0.2) is 5.75 Å². The van der Waals surface area contributed by atoms with E-state index in [0.717, 1.165) is 82.4 Å². The minimum atomic E-state index is -2.17. The lowest BCUT2D eigenvalue weighted by Crippen LogP contribution is -2.20. The maximum absolute atomic E-state index is 12.6. The van der Waals surface area contributed by atoms with E-state index in [1.807, 2.05) is 24.3 Å². The quantitative estimate of drug-likeness (QED) is 0.136. The molecule has 9 heteroatoms. The smallest absolute Gasteiger partial charge is 0.507 e. The average molecular weight is 1100 g/mol. The number of hydrogen-bond donors (Lipinski definition) is 1. The second-order valence-electron chi connectivity index (χ2n) is 30.5. The highest BCUT2D eigenvalue weighted by atomic mass is 31.2. The maximum atomic E-state index is 12.6. The normalized spacial score (nSPS) is 15.0. The zero-order valence-corrected chi connectivity index (χ0v) is 53.7. The van der Waals surface area contributed by atoms with Crippen LogP contribution in [0.2, 0.25) is 0 Å². The van der Waals surface area contributed by atoms with E-state index in [1.165, 1.54) is 11.1 Å². The van der Waals surface area contributed by atoms with E-state index < -0.39 is 22.3 Å². The van der Waals surface area contributed by atoms with Crippen molar-refractivity contribution in [3.8, 4) is 39.9 Å². The summed E-state index contributed by atoms with van der Waals surface area (Å²) in [6.07, 6.45) is 0. The summed E-state index contributed by atoms with van der Waals surface area (Å²) in [4.78, 5) is 0. The van der Waals surface area contributed by atoms with E-state index in [2.05, 4.69) is 233 Å². The SMILES string of the molecule is CC(C)(C)c1cc(-c2cc(C(C)(C)C)cc(C(C)(C)C)c2OP2Oc3cccc4cc5cccc(Op6oc7c(C(C)(C)C)cc(C(C)(C)C)cc7c7cc(C(C)(C)C)cc(C(C)(C)C)c7o6)c5c(c34)O2)c(O)c(C(C)(C)C)c1. The molecule has 8 aromatic rings. The Bertz CT molecular complexity index is 3670. The van der Waals surface area contributed by atoms with E-state index in [1.54, 1.807) is 0 Å². The molecule has 1 aromatic heterocycles. The van der Waals surface area contributed by atoms with Crippen LogP contribution in [-0.4, -0.2) is 5.11 Å². The van der Waals surface area contributed by atoms with Crippen LogP contribution in [0.25, 0.3) is 54.6 Å². The van der Waals surface area contributed by atoms with Crippen LogP contribution in [0.3, 0.4) is 0 Å². The summed E-state index contributed by atoms with van der Waals surface area (Å²) in [5.41, 5.74) is 9.70. The van der Waals surface area contributed by atoms with Gasteiger partial charge in [-0.25, -0.2) is 0 Å². The average Bonchev–Trinajstić information content (AvgIpc) is 3.71. The van der Waals surface area contributed by atoms with Gasteiger partial charge in [0.05, 0.1) is 10.8 Å². The number of rotatable bonds is 5. The van der Waals surface area contributed by atoms with E-state index >= 15 is 0 Å². The number of hydrogen-bond acceptors (Lipinski definition) is 7. The maximum Gasteiger partial charge on any atom is 0.530 e. The molecule has 0 saturated heterocycles. The summed E-state index contributed by atoms with van der Waals surface area (Å²) in [5.74, 6) is 2.63. The van der Waals surface area contributed by atoms with Gasteiger partial charge in [0.1, 0.15) is 34.2 Å². The molecule has 0 spiro atoms. The molecule has 9 rings (SSSR count). The van der Waals surface area contributed by atoms with Crippen molar-refractivity contribution in [3.05, 3.63) is 136 Å². The van der Waals surface area contributed by atoms with Crippen molar-refractivity contribution in [1.29, 1.82) is 0 Å². The van der Waals surface area contributed by atoms with Crippen molar-refractivity contribution in [3.63, 3.8) is 0 Å². The molecule has 1 atom stereocenters. The molecule has 7 aromatic carbocycles. The fourth-order valence-corrected chi connectivity index (χ4v) is 12.7. The fraction of sp³-hybridized carbons (Fsp3) is 0.457. The van der Waals surface area contributed by atoms with Gasteiger partial charge in [-0.2, -0.15) is 0 Å². The molecule has 0 fully saturated rings. The van der Waals surface area contributed by atoms with Gasteiger partial charge in [0.25, 0.3) is 0 Å². The van der Waals surface area contributed by atoms with E-state index in [0.29, 0.717) is 28.6 Å². The van der Waals surface area contributed by atoms with Crippen LogP contribution in [0.1, 0.15) is 211 Å². The Morgan fingerprint density at radius 3 is 1.28 bits per heavy atom. The molecule has 0 saturated carbocycles. The van der Waals surface area contributed by atoms with Crippen LogP contribution >= 0.6 is 16.8 Å². The Labute approximate surface area is 474 Å². The van der Waals surface area contributed by atoms with Gasteiger partial charge in [0.2, 0.25) is 0 Å². The Morgan fingerprint density at radius 2 is 0.810 bits per heavy atom. The largest absolute Gasteiger partial charge is 0.530 e. The third-order valence-electron chi connectivity index (χ3n) is 15.5. The second kappa shape index (κ2) is 19.3. The molecule has 0 aliphatic carbocycles. The number of phenolic OH excluding ortho intramolecular Hbond substituents is 1. The highest BCUT2D eigenvalue weighted by molar-refractivity contribution is 7.43. The molecule has 79 heavy (non-hydrogen) atoms. The lowest BCUT2D eigenvalue weighted by Gasteiger charge is -2.33. The molecule has 7 nitrogen and oxygen atoms in total. The summed E-state index contributed by atoms with van der Waals surface area (Å²) in [5, 5.41) is 18.0. The number of fused-ring (bicyclic) bond motifs is 5. The lowest BCUT2D eigenvalue weighted by molar-refractivity contribution is 0.377. The van der Waals surface area contributed by atoms with Gasteiger partial charge in [-0.15, -0.1) is 0 Å². The summed E-state index contributed by atoms with van der Waals surface area (Å²) in [6, 6.07) is 32.4. The van der Waals surface area contributed by atoms with Crippen LogP contribution in [0, 0.1) is 0 Å². The predicted octanol–water partition coefficient (Wildman–Crippen LogP) is 22.3. The minimum absolute atomic E-state index is 0.141. The molecule has 1 aliphatic rings. The Morgan fingerprint density at radius 1 is 0.392 bits per heavy atom. The lowest BCUT2D eigenvalue weighted by atomic mass is 9.75. The Balaban J connectivity index is 1.30. The first-order valence-electron chi connectivity index (χ1n) is 28.2. The van der Waals surface area contributed by atoms with Crippen molar-refractivity contribution in [2.75, 3.05) is 0 Å². The molecule has 1 unspecified atom stereocenters. The molecular weight excluding hydrogens is 1010 g/mol. The molecule has 0 amide bonds. The van der Waals surface area contributed by atoms with Gasteiger partial charge < -0.3 is 31.6 Å². The van der Waals surface area contributed by atoms with Crippen LogP contribution in [0.4, 0.5) is 0 Å². The highest BCUT2D eigenvalue weighted by Crippen LogP contribution is 2.59. The van der Waals surface area contributed by atoms with Crippen LogP contribution in [0.15, 0.2) is 99.4 Å². The molecule has 420 valence electrons. The van der Waals surface area contributed by atoms with Crippen molar-refractivity contribution < 1.29 is 31.6 Å². The van der Waals surface area contributed by atoms with Crippen molar-refractivity contribution in [2.24, 2.45) is 0 Å². The summed E-state index contributed by atoms with van der Waals surface area (Å²) >= 11 is 0. The summed E-state index contributed by atoms with van der Waals surface area (Å²) < 4.78 is 43.5. The van der Waals surface area contributed by atoms with Crippen LogP contribution in [0.5, 0.6) is 28.7 Å². The van der Waals surface area contributed by atoms with Crippen molar-refractivity contribution in [2.45, 2.75) is 209 Å². The summed E-state index contributed by atoms with van der Waals surface area (Å²) in [7, 11) is -4.32. The van der Waals surface area contributed by atoms with Crippen LogP contribution < -0.4 is 18.1 Å². The third-order valence-corrected chi connectivity index (χ3v) is 17.6. The highest BCUT2D eigenvalue weighted by Gasteiger charge is 2.37. The van der Waals surface area contributed by atoms with Gasteiger partial charge in [0, 0.05) is 44.2 Å². The van der Waals surface area contributed by atoms with Gasteiger partial charge in [-0.1, -0.05) is 215 Å². The zero-order chi connectivity index (χ0) is 58.3. The van der Waals surface area contributed by atoms with E-state index in [4.69, 9.17) is 26.5 Å². The van der Waals surface area contributed by atoms with Gasteiger partial charge >= 0.3 is 16.8 Å². The first-order chi connectivity index (χ1) is 36.1. The molecular formula is C70H88O7P2. The second-order valence-corrected chi connectivity index (χ2v) is 32.5. The van der Waals surface area contributed by atoms with Gasteiger partial charge in [-0.05, 0) is 119 Å². The van der Waals surface area contributed by atoms with Crippen molar-refractivity contribution in [1.82, 2.24) is 0 Å². The van der Waals surface area contributed by atoms with Crippen LogP contribution in [-0.2, 0) is 43.3 Å². The topological polar surface area (TPSA) is 83.4 Å². The standard InChI is InChI=1S/C70H88O7P2/c1-63(2,3)42-32-46(58(71)50(36-42)67(13,14)15)47-33-43(64(4,5)6)37-51(68(16,17)18)59(47)74-79-73-55-30-26-28-41-31-40-27-25-29-54(56(40)62(77-79)57(41)55)72-78-75-60-48(34-44(65(7,8)9)38-52(60)69(19,20)21)49-35-45(66(10,11)12)39-53(61(49)76-78)70(22,23)24/h25-39,71H,1-24H3. The monoisotopic (exact) mass is 1100 g/mol. The predicted molar refractivity (Wildman–Crippen MR) is 336 cm³/mol.